The van der Waals surface area contributed by atoms with Crippen molar-refractivity contribution in [1.82, 2.24) is 0 Å². The van der Waals surface area contributed by atoms with E-state index >= 15 is 0 Å². The normalized spacial score (nSPS) is 18.9. The van der Waals surface area contributed by atoms with Crippen LogP contribution in [0, 0.1) is 15.5 Å². The molecule has 0 radical (unpaired) electrons. The van der Waals surface area contributed by atoms with Crippen molar-refractivity contribution in [2.45, 2.75) is 33.1 Å². The molecule has 1 aromatic rings. The molecule has 0 aromatic heterocycles. The van der Waals surface area contributed by atoms with E-state index in [1.54, 1.807) is 18.2 Å². The van der Waals surface area contributed by atoms with Gasteiger partial charge in [0, 0.05) is 13.1 Å². The van der Waals surface area contributed by atoms with E-state index in [1.165, 1.54) is 0 Å². The Labute approximate surface area is 113 Å². The molecule has 0 bridgehead atoms. The van der Waals surface area contributed by atoms with Crippen LogP contribution in [0.1, 0.15) is 33.1 Å². The predicted octanol–water partition coefficient (Wildman–Crippen LogP) is 3.19. The number of hydrogen-bond acceptors (Lipinski definition) is 4. The van der Waals surface area contributed by atoms with E-state index in [0.29, 0.717) is 11.1 Å². The Morgan fingerprint density at radius 2 is 2.05 bits per heavy atom. The number of rotatable bonds is 2. The average Bonchev–Trinajstić information content (AvgIpc) is 2.49. The number of nitro groups is 1. The van der Waals surface area contributed by atoms with E-state index in [9.17, 15) is 10.1 Å². The van der Waals surface area contributed by atoms with Crippen molar-refractivity contribution in [3.63, 3.8) is 0 Å². The average molecular weight is 263 g/mol. The maximum absolute atomic E-state index is 11.2. The van der Waals surface area contributed by atoms with E-state index < -0.39 is 0 Å². The lowest BCUT2D eigenvalue weighted by Gasteiger charge is -2.24. The summed E-state index contributed by atoms with van der Waals surface area (Å²) in [6.45, 7) is 6.21. The highest BCUT2D eigenvalue weighted by Gasteiger charge is 2.27. The van der Waals surface area contributed by atoms with Gasteiger partial charge in [0.2, 0.25) is 0 Å². The van der Waals surface area contributed by atoms with Gasteiger partial charge in [-0.15, -0.1) is 0 Å². The standard InChI is InChI=1S/C14H21N3O2/c1-14(2)7-4-9-16(10-8-14)12-6-3-5-11(15)13(12)17(18)19/h3,5-6H,4,7-10,15H2,1-2H3. The maximum atomic E-state index is 11.2. The second-order valence-corrected chi connectivity index (χ2v) is 5.98. The molecule has 5 nitrogen and oxygen atoms in total. The molecule has 0 aliphatic carbocycles. The zero-order chi connectivity index (χ0) is 14.0. The van der Waals surface area contributed by atoms with Gasteiger partial charge in [0.05, 0.1) is 4.92 Å². The molecule has 1 fully saturated rings. The van der Waals surface area contributed by atoms with Gasteiger partial charge in [0.15, 0.2) is 0 Å². The molecular weight excluding hydrogens is 242 g/mol. The topological polar surface area (TPSA) is 72.4 Å². The number of nitrogens with two attached hydrogens (primary N) is 1. The van der Waals surface area contributed by atoms with Crippen molar-refractivity contribution in [2.24, 2.45) is 5.41 Å². The zero-order valence-corrected chi connectivity index (χ0v) is 11.6. The van der Waals surface area contributed by atoms with Crippen LogP contribution in [0.25, 0.3) is 0 Å². The second-order valence-electron chi connectivity index (χ2n) is 5.98. The molecular formula is C14H21N3O2. The molecule has 1 heterocycles. The minimum Gasteiger partial charge on any atom is -0.393 e. The highest BCUT2D eigenvalue weighted by Crippen LogP contribution is 2.37. The van der Waals surface area contributed by atoms with Crippen molar-refractivity contribution >= 4 is 17.1 Å². The molecule has 0 amide bonds. The van der Waals surface area contributed by atoms with Gasteiger partial charge in [-0.05, 0) is 36.8 Å². The van der Waals surface area contributed by atoms with Crippen LogP contribution >= 0.6 is 0 Å². The number of nitro benzene ring substituents is 1. The Morgan fingerprint density at radius 1 is 1.32 bits per heavy atom. The van der Waals surface area contributed by atoms with E-state index in [4.69, 9.17) is 5.73 Å². The van der Waals surface area contributed by atoms with Crippen molar-refractivity contribution in [3.05, 3.63) is 28.3 Å². The summed E-state index contributed by atoms with van der Waals surface area (Å²) >= 11 is 0. The van der Waals surface area contributed by atoms with Crippen LogP contribution in [0.15, 0.2) is 18.2 Å². The van der Waals surface area contributed by atoms with Crippen molar-refractivity contribution in [2.75, 3.05) is 23.7 Å². The van der Waals surface area contributed by atoms with Gasteiger partial charge in [-0.3, -0.25) is 10.1 Å². The minimum atomic E-state index is -0.374. The summed E-state index contributed by atoms with van der Waals surface area (Å²) in [5, 5.41) is 11.2. The number of benzene rings is 1. The molecule has 2 rings (SSSR count). The number of para-hydroxylation sites is 1. The second kappa shape index (κ2) is 5.07. The number of anilines is 2. The van der Waals surface area contributed by atoms with Crippen LogP contribution in [-0.4, -0.2) is 18.0 Å². The van der Waals surface area contributed by atoms with E-state index in [2.05, 4.69) is 18.7 Å². The van der Waals surface area contributed by atoms with Crippen LogP contribution in [0.2, 0.25) is 0 Å². The molecule has 0 atom stereocenters. The Morgan fingerprint density at radius 3 is 2.74 bits per heavy atom. The van der Waals surface area contributed by atoms with Gasteiger partial charge in [-0.1, -0.05) is 19.9 Å². The monoisotopic (exact) mass is 263 g/mol. The van der Waals surface area contributed by atoms with Gasteiger partial charge in [0.25, 0.3) is 0 Å². The van der Waals surface area contributed by atoms with Gasteiger partial charge in [0.1, 0.15) is 11.4 Å². The molecule has 0 spiro atoms. The van der Waals surface area contributed by atoms with Gasteiger partial charge in [-0.2, -0.15) is 0 Å². The van der Waals surface area contributed by atoms with Gasteiger partial charge in [-0.25, -0.2) is 0 Å². The summed E-state index contributed by atoms with van der Waals surface area (Å²) in [5.74, 6) is 0. The molecule has 1 aliphatic rings. The smallest absolute Gasteiger partial charge is 0.315 e. The lowest BCUT2D eigenvalue weighted by molar-refractivity contribution is -0.383. The SMILES string of the molecule is CC1(C)CCCN(c2cccc(N)c2[N+](=O)[O-])CC1. The summed E-state index contributed by atoms with van der Waals surface area (Å²) < 4.78 is 0. The largest absolute Gasteiger partial charge is 0.393 e. The first kappa shape index (κ1) is 13.6. The molecule has 1 saturated heterocycles. The summed E-state index contributed by atoms with van der Waals surface area (Å²) in [5.41, 5.74) is 7.00. The fourth-order valence-corrected chi connectivity index (χ4v) is 2.67. The molecule has 19 heavy (non-hydrogen) atoms. The van der Waals surface area contributed by atoms with E-state index in [-0.39, 0.29) is 16.3 Å². The molecule has 5 heteroatoms. The first-order valence-corrected chi connectivity index (χ1v) is 6.68. The fourth-order valence-electron chi connectivity index (χ4n) is 2.67. The fraction of sp³-hybridized carbons (Fsp3) is 0.571. The summed E-state index contributed by atoms with van der Waals surface area (Å²) in [4.78, 5) is 12.9. The quantitative estimate of drug-likeness (QED) is 0.505. The number of nitrogen functional groups attached to an aromatic ring is 1. The molecule has 2 N–H and O–H groups in total. The number of nitrogens with zero attached hydrogens (tertiary/aromatic N) is 2. The first-order chi connectivity index (χ1) is 8.91. The van der Waals surface area contributed by atoms with Crippen LogP contribution in [0.4, 0.5) is 17.1 Å². The lowest BCUT2D eigenvalue weighted by Crippen LogP contribution is -2.26. The Balaban J connectivity index is 2.32. The molecule has 1 aromatic carbocycles. The van der Waals surface area contributed by atoms with Gasteiger partial charge < -0.3 is 10.6 Å². The van der Waals surface area contributed by atoms with E-state index in [1.807, 2.05) is 0 Å². The highest BCUT2D eigenvalue weighted by atomic mass is 16.6. The molecule has 0 unspecified atom stereocenters. The third kappa shape index (κ3) is 2.97. The summed E-state index contributed by atoms with van der Waals surface area (Å²) in [7, 11) is 0. The first-order valence-electron chi connectivity index (χ1n) is 6.68. The number of hydrogen-bond donors (Lipinski definition) is 1. The lowest BCUT2D eigenvalue weighted by atomic mass is 9.85. The molecule has 0 saturated carbocycles. The summed E-state index contributed by atoms with van der Waals surface area (Å²) in [6, 6.07) is 5.17. The van der Waals surface area contributed by atoms with Crippen molar-refractivity contribution in [1.29, 1.82) is 0 Å². The van der Waals surface area contributed by atoms with Crippen molar-refractivity contribution in [3.8, 4) is 0 Å². The highest BCUT2D eigenvalue weighted by molar-refractivity contribution is 5.75. The third-order valence-corrected chi connectivity index (χ3v) is 3.91. The molecule has 104 valence electrons. The van der Waals surface area contributed by atoms with Crippen LogP contribution < -0.4 is 10.6 Å². The Kier molecular flexibility index (Phi) is 3.64. The van der Waals surface area contributed by atoms with Crippen LogP contribution in [0.5, 0.6) is 0 Å². The van der Waals surface area contributed by atoms with Gasteiger partial charge >= 0.3 is 5.69 Å². The van der Waals surface area contributed by atoms with Crippen LogP contribution in [-0.2, 0) is 0 Å². The van der Waals surface area contributed by atoms with Crippen molar-refractivity contribution < 1.29 is 4.92 Å². The predicted molar refractivity (Wildman–Crippen MR) is 77.4 cm³/mol. The molecule has 1 aliphatic heterocycles. The minimum absolute atomic E-state index is 0.0437. The Hall–Kier alpha value is -1.78. The van der Waals surface area contributed by atoms with E-state index in [0.717, 1.165) is 32.4 Å². The zero-order valence-electron chi connectivity index (χ0n) is 11.6. The Bertz CT molecular complexity index is 486. The third-order valence-electron chi connectivity index (χ3n) is 3.91. The maximum Gasteiger partial charge on any atom is 0.315 e. The van der Waals surface area contributed by atoms with Crippen LogP contribution in [0.3, 0.4) is 0 Å². The summed E-state index contributed by atoms with van der Waals surface area (Å²) in [6.07, 6.45) is 3.25.